The average Bonchev–Trinajstić information content (AvgIpc) is 2.48. The lowest BCUT2D eigenvalue weighted by Gasteiger charge is -2.24. The maximum Gasteiger partial charge on any atom is 0.236 e. The summed E-state index contributed by atoms with van der Waals surface area (Å²) in [5.41, 5.74) is 1.04. The Bertz CT molecular complexity index is 398. The number of nitrogens with one attached hydrogen (secondary N) is 1. The molecule has 1 aromatic heterocycles. The van der Waals surface area contributed by atoms with E-state index in [1.165, 1.54) is 0 Å². The number of carbonyl (C=O) groups excluding carboxylic acids is 1. The van der Waals surface area contributed by atoms with E-state index >= 15 is 0 Å². The van der Waals surface area contributed by atoms with E-state index in [-0.39, 0.29) is 5.91 Å². The van der Waals surface area contributed by atoms with E-state index in [0.29, 0.717) is 32.8 Å². The second-order valence-corrected chi connectivity index (χ2v) is 5.15. The molecule has 0 aliphatic heterocycles. The van der Waals surface area contributed by atoms with E-state index in [1.54, 1.807) is 19.5 Å². The second-order valence-electron chi connectivity index (χ2n) is 5.15. The highest BCUT2D eigenvalue weighted by Crippen LogP contribution is 2.03. The molecule has 0 spiro atoms. The van der Waals surface area contributed by atoms with Crippen molar-refractivity contribution in [2.24, 2.45) is 0 Å². The van der Waals surface area contributed by atoms with Crippen LogP contribution >= 0.6 is 0 Å². The molecule has 118 valence electrons. The van der Waals surface area contributed by atoms with Crippen LogP contribution in [0.3, 0.4) is 0 Å². The highest BCUT2D eigenvalue weighted by molar-refractivity contribution is 5.78. The van der Waals surface area contributed by atoms with Crippen LogP contribution in [0.5, 0.6) is 0 Å². The summed E-state index contributed by atoms with van der Waals surface area (Å²) in [5.74, 6) is 0.0943. The first-order chi connectivity index (χ1) is 10.1. The number of rotatable bonds is 10. The van der Waals surface area contributed by atoms with E-state index < -0.39 is 0 Å². The van der Waals surface area contributed by atoms with Crippen LogP contribution in [0, 0.1) is 0 Å². The smallest absolute Gasteiger partial charge is 0.236 e. The minimum atomic E-state index is 0.0943. The van der Waals surface area contributed by atoms with Crippen molar-refractivity contribution in [2.75, 3.05) is 54.0 Å². The Labute approximate surface area is 127 Å². The van der Waals surface area contributed by atoms with Gasteiger partial charge in [-0.1, -0.05) is 6.07 Å². The van der Waals surface area contributed by atoms with Gasteiger partial charge in [-0.25, -0.2) is 0 Å². The Hall–Kier alpha value is -1.50. The summed E-state index contributed by atoms with van der Waals surface area (Å²) >= 11 is 0. The summed E-state index contributed by atoms with van der Waals surface area (Å²) in [4.78, 5) is 20.3. The van der Waals surface area contributed by atoms with Gasteiger partial charge in [0.15, 0.2) is 0 Å². The molecule has 0 radical (unpaired) electrons. The van der Waals surface area contributed by atoms with Crippen LogP contribution in [0.4, 0.5) is 0 Å². The van der Waals surface area contributed by atoms with Gasteiger partial charge < -0.3 is 19.9 Å². The van der Waals surface area contributed by atoms with Gasteiger partial charge in [0.2, 0.25) is 5.91 Å². The van der Waals surface area contributed by atoms with Gasteiger partial charge in [0.05, 0.1) is 13.2 Å². The largest absolute Gasteiger partial charge is 0.383 e. The maximum absolute atomic E-state index is 12.3. The third kappa shape index (κ3) is 7.75. The van der Waals surface area contributed by atoms with Gasteiger partial charge in [0.25, 0.3) is 0 Å². The van der Waals surface area contributed by atoms with Crippen LogP contribution in [0.2, 0.25) is 0 Å². The number of likely N-dealkylation sites (N-methyl/N-ethyl adjacent to an activating group) is 1. The van der Waals surface area contributed by atoms with Gasteiger partial charge in [-0.05, 0) is 25.7 Å². The SMILES string of the molecule is COCCNCC(=O)N(CCN(C)C)Cc1cccnc1. The van der Waals surface area contributed by atoms with E-state index in [4.69, 9.17) is 4.74 Å². The van der Waals surface area contributed by atoms with Gasteiger partial charge >= 0.3 is 0 Å². The summed E-state index contributed by atoms with van der Waals surface area (Å²) in [7, 11) is 5.66. The molecule has 1 aromatic rings. The monoisotopic (exact) mass is 294 g/mol. The van der Waals surface area contributed by atoms with Crippen molar-refractivity contribution >= 4 is 5.91 Å². The first-order valence-corrected chi connectivity index (χ1v) is 7.14. The summed E-state index contributed by atoms with van der Waals surface area (Å²) in [6.45, 7) is 3.74. The highest BCUT2D eigenvalue weighted by Gasteiger charge is 2.13. The number of hydrogen-bond acceptors (Lipinski definition) is 5. The molecule has 21 heavy (non-hydrogen) atoms. The fourth-order valence-electron chi connectivity index (χ4n) is 1.81. The van der Waals surface area contributed by atoms with Crippen LogP contribution in [0.1, 0.15) is 5.56 Å². The third-order valence-corrected chi connectivity index (χ3v) is 3.03. The van der Waals surface area contributed by atoms with Crippen molar-refractivity contribution in [3.8, 4) is 0 Å². The molecule has 1 amide bonds. The van der Waals surface area contributed by atoms with Crippen molar-refractivity contribution in [1.82, 2.24) is 20.1 Å². The van der Waals surface area contributed by atoms with Crippen LogP contribution in [0.15, 0.2) is 24.5 Å². The molecule has 0 atom stereocenters. The predicted octanol–water partition coefficient (Wildman–Crippen LogP) is 0.208. The number of nitrogens with zero attached hydrogens (tertiary/aromatic N) is 3. The molecule has 0 aliphatic carbocycles. The Morgan fingerprint density at radius 2 is 2.19 bits per heavy atom. The zero-order chi connectivity index (χ0) is 15.5. The Balaban J connectivity index is 2.52. The molecular weight excluding hydrogens is 268 g/mol. The third-order valence-electron chi connectivity index (χ3n) is 3.03. The summed E-state index contributed by atoms with van der Waals surface area (Å²) < 4.78 is 4.96. The standard InChI is InChI=1S/C15H26N4O2/c1-18(2)8-9-19(13-14-5-4-6-16-11-14)15(20)12-17-7-10-21-3/h4-6,11,17H,7-10,12-13H2,1-3H3. The van der Waals surface area contributed by atoms with Crippen LogP contribution in [-0.2, 0) is 16.1 Å². The number of amides is 1. The van der Waals surface area contributed by atoms with Gasteiger partial charge in [-0.3, -0.25) is 9.78 Å². The molecule has 0 fully saturated rings. The highest BCUT2D eigenvalue weighted by atomic mass is 16.5. The first kappa shape index (κ1) is 17.6. The molecular formula is C15H26N4O2. The Morgan fingerprint density at radius 1 is 1.38 bits per heavy atom. The normalized spacial score (nSPS) is 10.9. The van der Waals surface area contributed by atoms with E-state index in [2.05, 4.69) is 15.2 Å². The molecule has 0 saturated heterocycles. The van der Waals surface area contributed by atoms with Gasteiger partial charge in [0, 0.05) is 45.7 Å². The molecule has 0 unspecified atom stereocenters. The number of pyridine rings is 1. The van der Waals surface area contributed by atoms with E-state index in [0.717, 1.165) is 12.1 Å². The van der Waals surface area contributed by atoms with Gasteiger partial charge in [-0.15, -0.1) is 0 Å². The van der Waals surface area contributed by atoms with Crippen molar-refractivity contribution in [1.29, 1.82) is 0 Å². The summed E-state index contributed by atoms with van der Waals surface area (Å²) in [5, 5.41) is 3.09. The number of aromatic nitrogens is 1. The van der Waals surface area contributed by atoms with E-state index in [1.807, 2.05) is 31.1 Å². The lowest BCUT2D eigenvalue weighted by molar-refractivity contribution is -0.131. The molecule has 1 heterocycles. The fraction of sp³-hybridized carbons (Fsp3) is 0.600. The van der Waals surface area contributed by atoms with Crippen molar-refractivity contribution < 1.29 is 9.53 Å². The number of methoxy groups -OCH3 is 1. The van der Waals surface area contributed by atoms with Crippen molar-refractivity contribution in [2.45, 2.75) is 6.54 Å². The quantitative estimate of drug-likeness (QED) is 0.625. The van der Waals surface area contributed by atoms with Crippen molar-refractivity contribution in [3.05, 3.63) is 30.1 Å². The molecule has 6 heteroatoms. The van der Waals surface area contributed by atoms with Crippen molar-refractivity contribution in [3.63, 3.8) is 0 Å². The zero-order valence-electron chi connectivity index (χ0n) is 13.2. The lowest BCUT2D eigenvalue weighted by atomic mass is 10.2. The predicted molar refractivity (Wildman–Crippen MR) is 83.0 cm³/mol. The van der Waals surface area contributed by atoms with Crippen LogP contribution < -0.4 is 5.32 Å². The average molecular weight is 294 g/mol. The van der Waals surface area contributed by atoms with Gasteiger partial charge in [0.1, 0.15) is 0 Å². The minimum absolute atomic E-state index is 0.0943. The number of ether oxygens (including phenoxy) is 1. The summed E-state index contributed by atoms with van der Waals surface area (Å²) in [6.07, 6.45) is 3.54. The number of carbonyl (C=O) groups is 1. The molecule has 1 rings (SSSR count). The molecule has 0 bridgehead atoms. The molecule has 0 aliphatic rings. The molecule has 1 N–H and O–H groups in total. The molecule has 6 nitrogen and oxygen atoms in total. The number of hydrogen-bond donors (Lipinski definition) is 1. The second kappa shape index (κ2) is 10.3. The minimum Gasteiger partial charge on any atom is -0.383 e. The Morgan fingerprint density at radius 3 is 2.81 bits per heavy atom. The van der Waals surface area contributed by atoms with E-state index in [9.17, 15) is 4.79 Å². The molecule has 0 saturated carbocycles. The topological polar surface area (TPSA) is 57.7 Å². The maximum atomic E-state index is 12.3. The zero-order valence-corrected chi connectivity index (χ0v) is 13.2. The van der Waals surface area contributed by atoms with Crippen LogP contribution in [-0.4, -0.2) is 74.7 Å². The Kier molecular flexibility index (Phi) is 8.57. The van der Waals surface area contributed by atoms with Crippen LogP contribution in [0.25, 0.3) is 0 Å². The summed E-state index contributed by atoms with van der Waals surface area (Å²) in [6, 6.07) is 3.88. The fourth-order valence-corrected chi connectivity index (χ4v) is 1.81. The molecule has 0 aromatic carbocycles. The lowest BCUT2D eigenvalue weighted by Crippen LogP contribution is -2.41. The first-order valence-electron chi connectivity index (χ1n) is 7.14. The van der Waals surface area contributed by atoms with Gasteiger partial charge in [-0.2, -0.15) is 0 Å².